The van der Waals surface area contributed by atoms with Gasteiger partial charge in [-0.1, -0.05) is 48.5 Å². The maximum absolute atomic E-state index is 9.49. The van der Waals surface area contributed by atoms with Crippen LogP contribution in [0.5, 0.6) is 11.5 Å². The van der Waals surface area contributed by atoms with Crippen molar-refractivity contribution in [1.29, 1.82) is 21.0 Å². The number of fused-ring (bicyclic) bond motifs is 7. The number of rotatable bonds is 2. The number of nitrogens with zero attached hydrogens (tertiary/aromatic N) is 4. The molecule has 0 spiro atoms. The predicted octanol–water partition coefficient (Wildman–Crippen LogP) is 8.49. The lowest BCUT2D eigenvalue weighted by Crippen LogP contribution is -2.09. The molecule has 4 aromatic carbocycles. The van der Waals surface area contributed by atoms with Gasteiger partial charge in [-0.15, -0.1) is 23.2 Å². The van der Waals surface area contributed by atoms with Gasteiger partial charge in [-0.2, -0.15) is 21.0 Å². The first kappa shape index (κ1) is 29.0. The average molecular weight is 577 g/mol. The van der Waals surface area contributed by atoms with Gasteiger partial charge >= 0.3 is 0 Å². The zero-order valence-electron chi connectivity index (χ0n) is 21.8. The first-order chi connectivity index (χ1) is 20.1. The highest BCUT2D eigenvalue weighted by Gasteiger charge is 2.24. The fourth-order valence-electron chi connectivity index (χ4n) is 4.77. The van der Waals surface area contributed by atoms with Crippen LogP contribution in [-0.2, 0) is 0 Å². The van der Waals surface area contributed by atoms with Crippen LogP contribution in [0.15, 0.2) is 71.8 Å². The summed E-state index contributed by atoms with van der Waals surface area (Å²) in [6.45, 7) is 0.869. The van der Waals surface area contributed by atoms with Crippen molar-refractivity contribution in [3.8, 4) is 46.9 Å². The molecule has 200 valence electrons. The Morgan fingerprint density at radius 1 is 0.659 bits per heavy atom. The summed E-state index contributed by atoms with van der Waals surface area (Å²) < 4.78 is 12.8. The quantitative estimate of drug-likeness (QED) is 0.174. The fraction of sp³-hybridized carbons (Fsp3) is 0.152. The Labute approximate surface area is 248 Å². The molecule has 0 aromatic heterocycles. The van der Waals surface area contributed by atoms with E-state index >= 15 is 0 Å². The van der Waals surface area contributed by atoms with Crippen LogP contribution >= 0.6 is 23.2 Å². The SMILES string of the molecule is ClCCl.N#CC(C#N)=Cc1cc2ccccc2c2c1OCCCCOc1c(C=C(C#N)C#N)cc3ccccc3c1-2. The summed E-state index contributed by atoms with van der Waals surface area (Å²) in [5, 5.41) is 41.8. The van der Waals surface area contributed by atoms with Gasteiger partial charge in [0.2, 0.25) is 0 Å². The minimum atomic E-state index is -0.0335. The second kappa shape index (κ2) is 13.9. The number of ether oxygens (including phenoxy) is 2. The average Bonchev–Trinajstić information content (AvgIpc) is 3.00. The van der Waals surface area contributed by atoms with Crippen LogP contribution in [0.4, 0.5) is 0 Å². The topological polar surface area (TPSA) is 114 Å². The van der Waals surface area contributed by atoms with Crippen LogP contribution in [0, 0.1) is 45.3 Å². The van der Waals surface area contributed by atoms with Gasteiger partial charge in [0.15, 0.2) is 0 Å². The van der Waals surface area contributed by atoms with E-state index in [4.69, 9.17) is 32.7 Å². The molecule has 0 saturated carbocycles. The smallest absolute Gasteiger partial charge is 0.135 e. The molecule has 1 aliphatic rings. The number of allylic oxidation sites excluding steroid dienone is 2. The zero-order valence-corrected chi connectivity index (χ0v) is 23.3. The summed E-state index contributed by atoms with van der Waals surface area (Å²) in [6.07, 6.45) is 4.56. The molecule has 0 aliphatic carbocycles. The van der Waals surface area contributed by atoms with E-state index in [1.54, 1.807) is 12.2 Å². The molecule has 6 nitrogen and oxygen atoms in total. The predicted molar refractivity (Wildman–Crippen MR) is 162 cm³/mol. The summed E-state index contributed by atoms with van der Waals surface area (Å²) >= 11 is 9.53. The Bertz CT molecular complexity index is 1680. The highest BCUT2D eigenvalue weighted by Crippen LogP contribution is 2.49. The van der Waals surface area contributed by atoms with Gasteiger partial charge in [0, 0.05) is 22.3 Å². The van der Waals surface area contributed by atoms with E-state index in [9.17, 15) is 21.0 Å². The van der Waals surface area contributed by atoms with Crippen molar-refractivity contribution in [2.24, 2.45) is 0 Å². The minimum absolute atomic E-state index is 0.0335. The number of nitriles is 4. The molecule has 4 aromatic rings. The van der Waals surface area contributed by atoms with Crippen LogP contribution in [0.2, 0.25) is 0 Å². The van der Waals surface area contributed by atoms with Crippen LogP contribution in [0.3, 0.4) is 0 Å². The maximum atomic E-state index is 9.49. The molecular formula is C33H22Cl2N4O2. The summed E-state index contributed by atoms with van der Waals surface area (Å²) in [5.41, 5.74) is 2.70. The summed E-state index contributed by atoms with van der Waals surface area (Å²) in [7, 11) is 0. The van der Waals surface area contributed by atoms with Gasteiger partial charge in [0.05, 0.1) is 18.6 Å². The summed E-state index contributed by atoms with van der Waals surface area (Å²) in [5.74, 6) is 1.09. The lowest BCUT2D eigenvalue weighted by molar-refractivity contribution is 0.264. The summed E-state index contributed by atoms with van der Waals surface area (Å²) in [6, 6.07) is 27.3. The van der Waals surface area contributed by atoms with Gasteiger partial charge in [0.25, 0.3) is 0 Å². The van der Waals surface area contributed by atoms with E-state index in [-0.39, 0.29) is 16.5 Å². The van der Waals surface area contributed by atoms with Crippen molar-refractivity contribution in [1.82, 2.24) is 0 Å². The molecule has 0 amide bonds. The zero-order chi connectivity index (χ0) is 29.2. The van der Waals surface area contributed by atoms with Crippen LogP contribution in [-0.4, -0.2) is 18.6 Å². The van der Waals surface area contributed by atoms with E-state index < -0.39 is 0 Å². The van der Waals surface area contributed by atoms with Crippen molar-refractivity contribution in [3.63, 3.8) is 0 Å². The van der Waals surface area contributed by atoms with Crippen molar-refractivity contribution in [3.05, 3.63) is 82.9 Å². The number of alkyl halides is 2. The van der Waals surface area contributed by atoms with Crippen molar-refractivity contribution in [2.75, 3.05) is 18.6 Å². The number of benzene rings is 4. The lowest BCUT2D eigenvalue weighted by atomic mass is 9.88. The highest BCUT2D eigenvalue weighted by molar-refractivity contribution is 6.40. The second-order valence-corrected chi connectivity index (χ2v) is 9.66. The van der Waals surface area contributed by atoms with E-state index in [0.717, 1.165) is 45.5 Å². The first-order valence-electron chi connectivity index (χ1n) is 12.6. The van der Waals surface area contributed by atoms with Crippen LogP contribution in [0.1, 0.15) is 24.0 Å². The maximum Gasteiger partial charge on any atom is 0.135 e. The number of hydrogen-bond acceptors (Lipinski definition) is 6. The Kier molecular flexibility index (Phi) is 9.83. The van der Waals surface area contributed by atoms with Crippen LogP contribution < -0.4 is 9.47 Å². The molecular weight excluding hydrogens is 555 g/mol. The number of halogens is 2. The van der Waals surface area contributed by atoms with Gasteiger partial charge in [-0.3, -0.25) is 0 Å². The molecule has 0 unspecified atom stereocenters. The standard InChI is InChI=1S/C32H20N4O2.CH2Cl2/c33-17-21(18-34)13-25-15-23-7-1-3-9-27(23)29-30-28-10-4-2-8-24(28)16-26(14-22(19-35)20-36)32(30)38-12-6-5-11-37-31(25)29;2-1-3/h1-4,7-10,13-16H,5-6,11-12H2;1H2. The summed E-state index contributed by atoms with van der Waals surface area (Å²) in [4.78, 5) is 0. The Morgan fingerprint density at radius 2 is 1.02 bits per heavy atom. The third-order valence-corrected chi connectivity index (χ3v) is 6.42. The van der Waals surface area contributed by atoms with Gasteiger partial charge in [-0.05, 0) is 58.7 Å². The van der Waals surface area contributed by atoms with E-state index in [0.29, 0.717) is 35.8 Å². The second-order valence-electron chi connectivity index (χ2n) is 8.85. The monoisotopic (exact) mass is 576 g/mol. The first-order valence-corrected chi connectivity index (χ1v) is 13.7. The lowest BCUT2D eigenvalue weighted by Gasteiger charge is -2.24. The molecule has 0 fully saturated rings. The normalized spacial score (nSPS) is 11.7. The third-order valence-electron chi connectivity index (χ3n) is 6.42. The minimum Gasteiger partial charge on any atom is -0.492 e. The highest BCUT2D eigenvalue weighted by atomic mass is 35.5. The Morgan fingerprint density at radius 3 is 1.39 bits per heavy atom. The van der Waals surface area contributed by atoms with Crippen LogP contribution in [0.25, 0.3) is 44.8 Å². The largest absolute Gasteiger partial charge is 0.492 e. The molecule has 0 N–H and O–H groups in total. The number of hydrogen-bond donors (Lipinski definition) is 0. The fourth-order valence-corrected chi connectivity index (χ4v) is 4.77. The molecule has 8 heteroatoms. The molecule has 0 radical (unpaired) electrons. The van der Waals surface area contributed by atoms with Gasteiger partial charge in [0.1, 0.15) is 46.9 Å². The molecule has 0 saturated heterocycles. The van der Waals surface area contributed by atoms with Gasteiger partial charge in [-0.25, -0.2) is 0 Å². The molecule has 1 heterocycles. The van der Waals surface area contributed by atoms with Crippen molar-refractivity contribution >= 4 is 56.9 Å². The van der Waals surface area contributed by atoms with Crippen molar-refractivity contribution < 1.29 is 9.47 Å². The molecule has 1 aliphatic heterocycles. The van der Waals surface area contributed by atoms with E-state index in [1.807, 2.05) is 84.9 Å². The Hall–Kier alpha value is -4.98. The van der Waals surface area contributed by atoms with E-state index in [1.165, 1.54) is 0 Å². The molecule has 41 heavy (non-hydrogen) atoms. The molecule has 0 bridgehead atoms. The van der Waals surface area contributed by atoms with E-state index in [2.05, 4.69) is 0 Å². The molecule has 5 rings (SSSR count). The van der Waals surface area contributed by atoms with Gasteiger partial charge < -0.3 is 9.47 Å². The third kappa shape index (κ3) is 6.27. The Balaban J connectivity index is 0.00000124. The van der Waals surface area contributed by atoms with Crippen molar-refractivity contribution in [2.45, 2.75) is 12.8 Å². The molecule has 0 atom stereocenters.